The minimum absolute atomic E-state index is 0.165. The number of aryl methyl sites for hydroxylation is 1. The number of ketones is 1. The van der Waals surface area contributed by atoms with Crippen LogP contribution in [0.3, 0.4) is 0 Å². The van der Waals surface area contributed by atoms with Crippen LogP contribution in [0.15, 0.2) is 22.7 Å². The molecule has 2 rings (SSSR count). The maximum absolute atomic E-state index is 12.3. The summed E-state index contributed by atoms with van der Waals surface area (Å²) in [6.45, 7) is 3.25. The van der Waals surface area contributed by atoms with E-state index in [-0.39, 0.29) is 12.4 Å². The molecule has 1 N–H and O–H groups in total. The third kappa shape index (κ3) is 3.76. The summed E-state index contributed by atoms with van der Waals surface area (Å²) in [5.74, 6) is -0.226. The van der Waals surface area contributed by atoms with E-state index in [0.717, 1.165) is 0 Å². The van der Waals surface area contributed by atoms with Crippen LogP contribution in [0.25, 0.3) is 0 Å². The molecular weight excluding hydrogens is 386 g/mol. The Kier molecular flexibility index (Phi) is 5.49. The number of esters is 1. The molecule has 0 atom stereocenters. The molecule has 0 aliphatic rings. The Morgan fingerprint density at radius 3 is 2.61 bits per heavy atom. The van der Waals surface area contributed by atoms with Gasteiger partial charge in [0, 0.05) is 10.7 Å². The fourth-order valence-corrected chi connectivity index (χ4v) is 3.04. The number of hydrogen-bond acceptors (Lipinski definition) is 4. The molecule has 0 unspecified atom stereocenters. The van der Waals surface area contributed by atoms with Crippen LogP contribution in [0.4, 0.5) is 0 Å². The SMILES string of the molecule is COC(=O)c1c(C)[nH]c(C(=O)COc2ccc(Cl)cc2Br)c1C. The van der Waals surface area contributed by atoms with Gasteiger partial charge in [-0.1, -0.05) is 11.6 Å². The zero-order chi connectivity index (χ0) is 17.1. The predicted molar refractivity (Wildman–Crippen MR) is 90.6 cm³/mol. The van der Waals surface area contributed by atoms with E-state index in [1.165, 1.54) is 7.11 Å². The van der Waals surface area contributed by atoms with Gasteiger partial charge in [0.2, 0.25) is 5.78 Å². The lowest BCUT2D eigenvalue weighted by Crippen LogP contribution is -2.13. The van der Waals surface area contributed by atoms with Gasteiger partial charge in [0.05, 0.1) is 22.8 Å². The average molecular weight is 401 g/mol. The summed E-state index contributed by atoms with van der Waals surface area (Å²) < 4.78 is 10.9. The topological polar surface area (TPSA) is 68.4 Å². The second kappa shape index (κ2) is 7.19. The monoisotopic (exact) mass is 399 g/mol. The highest BCUT2D eigenvalue weighted by Gasteiger charge is 2.22. The molecule has 122 valence electrons. The molecule has 2 aromatic rings. The van der Waals surface area contributed by atoms with Crippen molar-refractivity contribution in [3.63, 3.8) is 0 Å². The highest BCUT2D eigenvalue weighted by atomic mass is 79.9. The number of hydrogen-bond donors (Lipinski definition) is 1. The van der Waals surface area contributed by atoms with Gasteiger partial charge in [-0.15, -0.1) is 0 Å². The Bertz CT molecular complexity index is 770. The van der Waals surface area contributed by atoms with Crippen molar-refractivity contribution in [1.29, 1.82) is 0 Å². The first-order valence-corrected chi connectivity index (χ1v) is 7.90. The normalized spacial score (nSPS) is 10.5. The van der Waals surface area contributed by atoms with Gasteiger partial charge in [0.1, 0.15) is 5.75 Å². The first-order chi connectivity index (χ1) is 10.8. The van der Waals surface area contributed by atoms with Crippen LogP contribution < -0.4 is 4.74 Å². The van der Waals surface area contributed by atoms with Crippen molar-refractivity contribution in [3.8, 4) is 5.75 Å². The summed E-state index contributed by atoms with van der Waals surface area (Å²) >= 11 is 9.18. The van der Waals surface area contributed by atoms with E-state index in [1.807, 2.05) is 0 Å². The van der Waals surface area contributed by atoms with Gasteiger partial charge < -0.3 is 14.5 Å². The summed E-state index contributed by atoms with van der Waals surface area (Å²) in [7, 11) is 1.30. The summed E-state index contributed by atoms with van der Waals surface area (Å²) in [5.41, 5.74) is 1.86. The van der Waals surface area contributed by atoms with Crippen LogP contribution in [0.2, 0.25) is 5.02 Å². The van der Waals surface area contributed by atoms with E-state index in [4.69, 9.17) is 21.1 Å². The molecule has 0 bridgehead atoms. The summed E-state index contributed by atoms with van der Waals surface area (Å²) in [6.07, 6.45) is 0. The smallest absolute Gasteiger partial charge is 0.339 e. The van der Waals surface area contributed by atoms with Crippen molar-refractivity contribution in [2.75, 3.05) is 13.7 Å². The molecule has 0 spiro atoms. The van der Waals surface area contributed by atoms with Crippen LogP contribution in [0, 0.1) is 13.8 Å². The number of nitrogens with one attached hydrogen (secondary N) is 1. The molecule has 0 aliphatic carbocycles. The third-order valence-corrected chi connectivity index (χ3v) is 4.21. The van der Waals surface area contributed by atoms with Crippen molar-refractivity contribution in [2.45, 2.75) is 13.8 Å². The van der Waals surface area contributed by atoms with Crippen molar-refractivity contribution in [2.24, 2.45) is 0 Å². The fraction of sp³-hybridized carbons (Fsp3) is 0.250. The number of carbonyl (C=O) groups excluding carboxylic acids is 2. The fourth-order valence-electron chi connectivity index (χ4n) is 2.24. The molecule has 0 amide bonds. The van der Waals surface area contributed by atoms with E-state index in [1.54, 1.807) is 32.0 Å². The van der Waals surface area contributed by atoms with Gasteiger partial charge in [-0.2, -0.15) is 0 Å². The van der Waals surface area contributed by atoms with Crippen molar-refractivity contribution in [3.05, 3.63) is 50.2 Å². The number of rotatable bonds is 5. The van der Waals surface area contributed by atoms with Gasteiger partial charge in [-0.25, -0.2) is 4.79 Å². The number of ether oxygens (including phenoxy) is 2. The van der Waals surface area contributed by atoms with Crippen LogP contribution in [-0.2, 0) is 4.74 Å². The number of carbonyl (C=O) groups is 2. The minimum atomic E-state index is -0.475. The molecule has 0 fully saturated rings. The number of methoxy groups -OCH3 is 1. The lowest BCUT2D eigenvalue weighted by molar-refractivity contribution is 0.0599. The van der Waals surface area contributed by atoms with Crippen LogP contribution in [-0.4, -0.2) is 30.5 Å². The minimum Gasteiger partial charge on any atom is -0.484 e. The molecule has 1 aromatic heterocycles. The molecule has 0 aliphatic heterocycles. The Morgan fingerprint density at radius 1 is 1.30 bits per heavy atom. The largest absolute Gasteiger partial charge is 0.484 e. The number of halogens is 2. The zero-order valence-electron chi connectivity index (χ0n) is 12.8. The van der Waals surface area contributed by atoms with Crippen LogP contribution in [0.5, 0.6) is 5.75 Å². The molecular formula is C16H15BrClNO4. The quantitative estimate of drug-likeness (QED) is 0.606. The standard InChI is InChI=1S/C16H15BrClNO4/c1-8-14(16(21)22-3)9(2)19-15(8)12(20)7-23-13-5-4-10(18)6-11(13)17/h4-6,19H,7H2,1-3H3. The predicted octanol–water partition coefficient (Wildman–Crippen LogP) is 4.10. The van der Waals surface area contributed by atoms with E-state index in [2.05, 4.69) is 20.9 Å². The highest BCUT2D eigenvalue weighted by Crippen LogP contribution is 2.28. The zero-order valence-corrected chi connectivity index (χ0v) is 15.2. The summed E-state index contributed by atoms with van der Waals surface area (Å²) in [5, 5.41) is 0.564. The lowest BCUT2D eigenvalue weighted by Gasteiger charge is -2.07. The third-order valence-electron chi connectivity index (χ3n) is 3.36. The number of aromatic nitrogens is 1. The molecule has 1 aromatic carbocycles. The molecule has 0 saturated heterocycles. The Morgan fingerprint density at radius 2 is 2.00 bits per heavy atom. The summed E-state index contributed by atoms with van der Waals surface area (Å²) in [6, 6.07) is 5.03. The van der Waals surface area contributed by atoms with E-state index >= 15 is 0 Å². The average Bonchev–Trinajstić information content (AvgIpc) is 2.80. The second-order valence-electron chi connectivity index (χ2n) is 4.90. The van der Waals surface area contributed by atoms with E-state index in [9.17, 15) is 9.59 Å². The molecule has 1 heterocycles. The Hall–Kier alpha value is -1.79. The molecule has 7 heteroatoms. The maximum atomic E-state index is 12.3. The van der Waals surface area contributed by atoms with Gasteiger partial charge in [0.25, 0.3) is 0 Å². The Balaban J connectivity index is 2.17. The number of H-pyrrole nitrogens is 1. The van der Waals surface area contributed by atoms with Crippen LogP contribution in [0.1, 0.15) is 32.1 Å². The molecule has 0 saturated carbocycles. The van der Waals surface area contributed by atoms with Gasteiger partial charge in [-0.3, -0.25) is 4.79 Å². The first kappa shape index (κ1) is 17.6. The molecule has 0 radical (unpaired) electrons. The lowest BCUT2D eigenvalue weighted by atomic mass is 10.1. The van der Waals surface area contributed by atoms with Crippen molar-refractivity contribution in [1.82, 2.24) is 4.98 Å². The van der Waals surface area contributed by atoms with Crippen LogP contribution >= 0.6 is 27.5 Å². The Labute approximate surface area is 147 Å². The highest BCUT2D eigenvalue weighted by molar-refractivity contribution is 9.10. The van der Waals surface area contributed by atoms with Gasteiger partial charge in [-0.05, 0) is 53.5 Å². The molecule has 5 nitrogen and oxygen atoms in total. The van der Waals surface area contributed by atoms with E-state index < -0.39 is 5.97 Å². The summed E-state index contributed by atoms with van der Waals surface area (Å²) in [4.78, 5) is 27.0. The molecule has 23 heavy (non-hydrogen) atoms. The van der Waals surface area contributed by atoms with E-state index in [0.29, 0.717) is 37.8 Å². The van der Waals surface area contributed by atoms with Gasteiger partial charge in [0.15, 0.2) is 6.61 Å². The number of benzene rings is 1. The van der Waals surface area contributed by atoms with Crippen molar-refractivity contribution < 1.29 is 19.1 Å². The van der Waals surface area contributed by atoms with Gasteiger partial charge >= 0.3 is 5.97 Å². The number of aromatic amines is 1. The maximum Gasteiger partial charge on any atom is 0.339 e. The van der Waals surface area contributed by atoms with Crippen molar-refractivity contribution >= 4 is 39.3 Å². The first-order valence-electron chi connectivity index (χ1n) is 6.73. The second-order valence-corrected chi connectivity index (χ2v) is 6.19. The number of Topliss-reactive ketones (excluding diaryl/α,β-unsaturated/α-hetero) is 1.